The van der Waals surface area contributed by atoms with Crippen LogP contribution in [0.5, 0.6) is 0 Å². The Bertz CT molecular complexity index is 602. The zero-order chi connectivity index (χ0) is 14.7. The summed E-state index contributed by atoms with van der Waals surface area (Å²) in [7, 11) is 0. The molecule has 0 fully saturated rings. The minimum Gasteiger partial charge on any atom is -0.271 e. The third-order valence-corrected chi connectivity index (χ3v) is 3.73. The molecule has 1 atom stereocenters. The van der Waals surface area contributed by atoms with E-state index in [0.29, 0.717) is 17.8 Å². The molecule has 0 bridgehead atoms. The molecule has 0 saturated carbocycles. The Labute approximate surface area is 123 Å². The van der Waals surface area contributed by atoms with Crippen LogP contribution in [-0.4, -0.2) is 15.0 Å². The summed E-state index contributed by atoms with van der Waals surface area (Å²) >= 11 is 3.06. The highest BCUT2D eigenvalue weighted by molar-refractivity contribution is 9.10. The van der Waals surface area contributed by atoms with Crippen LogP contribution in [0.3, 0.4) is 0 Å². The molecule has 0 saturated heterocycles. The molecule has 0 spiro atoms. The molecular formula is C12H14BrF2N5. The second-order valence-corrected chi connectivity index (χ2v) is 5.04. The highest BCUT2D eigenvalue weighted by Crippen LogP contribution is 2.31. The lowest BCUT2D eigenvalue weighted by molar-refractivity contribution is 0.489. The van der Waals surface area contributed by atoms with E-state index in [1.807, 2.05) is 6.92 Å². The van der Waals surface area contributed by atoms with Crippen molar-refractivity contribution in [2.45, 2.75) is 25.9 Å². The average Bonchev–Trinajstić information content (AvgIpc) is 2.88. The topological polar surface area (TPSA) is 68.8 Å². The van der Waals surface area contributed by atoms with Gasteiger partial charge in [-0.3, -0.25) is 5.84 Å². The number of rotatable bonds is 5. The van der Waals surface area contributed by atoms with Crippen molar-refractivity contribution in [2.75, 3.05) is 0 Å². The van der Waals surface area contributed by atoms with Gasteiger partial charge in [-0.1, -0.05) is 18.2 Å². The molecule has 108 valence electrons. The Hall–Kier alpha value is -1.38. The number of hydrogen-bond donors (Lipinski definition) is 2. The van der Waals surface area contributed by atoms with Crippen LogP contribution in [0.2, 0.25) is 0 Å². The highest BCUT2D eigenvalue weighted by Gasteiger charge is 2.23. The number of nitrogens with two attached hydrogens (primary N) is 1. The molecule has 0 radical (unpaired) electrons. The number of benzene rings is 1. The van der Waals surface area contributed by atoms with E-state index < -0.39 is 17.7 Å². The molecule has 0 aliphatic heterocycles. The number of nitrogens with one attached hydrogen (secondary N) is 1. The van der Waals surface area contributed by atoms with Gasteiger partial charge < -0.3 is 0 Å². The van der Waals surface area contributed by atoms with Crippen LogP contribution >= 0.6 is 15.9 Å². The SMILES string of the molecule is CCCn1nncc1C(NN)c1ccc(F)c(F)c1Br. The Kier molecular flexibility index (Phi) is 4.79. The summed E-state index contributed by atoms with van der Waals surface area (Å²) in [6.07, 6.45) is 2.42. The molecule has 1 heterocycles. The summed E-state index contributed by atoms with van der Waals surface area (Å²) in [4.78, 5) is 0. The molecule has 5 nitrogen and oxygen atoms in total. The van der Waals surface area contributed by atoms with Crippen molar-refractivity contribution in [3.8, 4) is 0 Å². The van der Waals surface area contributed by atoms with Crippen LogP contribution in [-0.2, 0) is 6.54 Å². The molecule has 3 N–H and O–H groups in total. The Balaban J connectivity index is 2.47. The van der Waals surface area contributed by atoms with Gasteiger partial charge in [0, 0.05) is 6.54 Å². The van der Waals surface area contributed by atoms with E-state index in [1.54, 1.807) is 10.9 Å². The van der Waals surface area contributed by atoms with Crippen LogP contribution < -0.4 is 11.3 Å². The van der Waals surface area contributed by atoms with E-state index in [4.69, 9.17) is 5.84 Å². The van der Waals surface area contributed by atoms with Crippen LogP contribution in [0.4, 0.5) is 8.78 Å². The van der Waals surface area contributed by atoms with Crippen molar-refractivity contribution in [1.29, 1.82) is 0 Å². The first-order valence-corrected chi connectivity index (χ1v) is 6.87. The smallest absolute Gasteiger partial charge is 0.173 e. The first-order chi connectivity index (χ1) is 9.60. The molecule has 20 heavy (non-hydrogen) atoms. The van der Waals surface area contributed by atoms with E-state index in [9.17, 15) is 8.78 Å². The Morgan fingerprint density at radius 2 is 2.20 bits per heavy atom. The van der Waals surface area contributed by atoms with Gasteiger partial charge in [-0.2, -0.15) is 0 Å². The molecule has 0 amide bonds. The lowest BCUT2D eigenvalue weighted by atomic mass is 10.0. The number of aromatic nitrogens is 3. The van der Waals surface area contributed by atoms with E-state index in [1.165, 1.54) is 6.07 Å². The zero-order valence-electron chi connectivity index (χ0n) is 10.8. The van der Waals surface area contributed by atoms with Gasteiger partial charge in [0.2, 0.25) is 0 Å². The third kappa shape index (κ3) is 2.72. The van der Waals surface area contributed by atoms with Gasteiger partial charge in [0.25, 0.3) is 0 Å². The Morgan fingerprint density at radius 1 is 1.45 bits per heavy atom. The van der Waals surface area contributed by atoms with E-state index in [-0.39, 0.29) is 4.47 Å². The summed E-state index contributed by atoms with van der Waals surface area (Å²) in [5, 5.41) is 7.80. The average molecular weight is 346 g/mol. The maximum atomic E-state index is 13.6. The number of hydrazine groups is 1. The van der Waals surface area contributed by atoms with Gasteiger partial charge in [-0.05, 0) is 34.0 Å². The summed E-state index contributed by atoms with van der Waals surface area (Å²) in [5.74, 6) is 3.70. The first kappa shape index (κ1) is 15.0. The van der Waals surface area contributed by atoms with E-state index >= 15 is 0 Å². The third-order valence-electron chi connectivity index (χ3n) is 2.92. The number of nitrogens with zero attached hydrogens (tertiary/aromatic N) is 3. The standard InChI is InChI=1S/C12H14BrF2N5/c1-2-5-20-9(6-17-19-20)12(18-16)7-3-4-8(14)11(15)10(7)13/h3-4,6,12,18H,2,5,16H2,1H3. The quantitative estimate of drug-likeness (QED) is 0.495. The predicted molar refractivity (Wildman–Crippen MR) is 73.5 cm³/mol. The summed E-state index contributed by atoms with van der Waals surface area (Å²) in [6.45, 7) is 2.67. The van der Waals surface area contributed by atoms with Crippen molar-refractivity contribution in [1.82, 2.24) is 20.4 Å². The second-order valence-electron chi connectivity index (χ2n) is 4.25. The van der Waals surface area contributed by atoms with Gasteiger partial charge in [0.15, 0.2) is 11.6 Å². The van der Waals surface area contributed by atoms with Gasteiger partial charge in [-0.15, -0.1) is 5.10 Å². The van der Waals surface area contributed by atoms with Crippen LogP contribution in [0.15, 0.2) is 22.8 Å². The molecule has 1 unspecified atom stereocenters. The monoisotopic (exact) mass is 345 g/mol. The van der Waals surface area contributed by atoms with Gasteiger partial charge in [0.05, 0.1) is 22.4 Å². The number of hydrogen-bond acceptors (Lipinski definition) is 4. The van der Waals surface area contributed by atoms with Gasteiger partial charge >= 0.3 is 0 Å². The van der Waals surface area contributed by atoms with Crippen molar-refractivity contribution >= 4 is 15.9 Å². The first-order valence-electron chi connectivity index (χ1n) is 6.08. The lowest BCUT2D eigenvalue weighted by Crippen LogP contribution is -2.31. The van der Waals surface area contributed by atoms with E-state index in [0.717, 1.165) is 12.5 Å². The molecule has 0 aliphatic carbocycles. The summed E-state index contributed by atoms with van der Waals surface area (Å²) in [5.41, 5.74) is 3.75. The molecule has 8 heteroatoms. The fraction of sp³-hybridized carbons (Fsp3) is 0.333. The minimum atomic E-state index is -0.947. The molecule has 1 aromatic carbocycles. The zero-order valence-corrected chi connectivity index (χ0v) is 12.4. The number of aryl methyl sites for hydroxylation is 1. The van der Waals surface area contributed by atoms with Gasteiger partial charge in [0.1, 0.15) is 0 Å². The molecule has 1 aromatic heterocycles. The number of halogens is 3. The van der Waals surface area contributed by atoms with Gasteiger partial charge in [-0.25, -0.2) is 18.9 Å². The van der Waals surface area contributed by atoms with Crippen molar-refractivity contribution < 1.29 is 8.78 Å². The van der Waals surface area contributed by atoms with Crippen molar-refractivity contribution in [2.24, 2.45) is 5.84 Å². The summed E-state index contributed by atoms with van der Waals surface area (Å²) < 4.78 is 28.5. The maximum Gasteiger partial charge on any atom is 0.173 e. The molecular weight excluding hydrogens is 332 g/mol. The second kappa shape index (κ2) is 6.38. The van der Waals surface area contributed by atoms with Crippen LogP contribution in [0.1, 0.15) is 30.6 Å². The Morgan fingerprint density at radius 3 is 2.85 bits per heavy atom. The normalized spacial score (nSPS) is 12.7. The minimum absolute atomic E-state index is 0.0321. The lowest BCUT2D eigenvalue weighted by Gasteiger charge is -2.19. The molecule has 2 rings (SSSR count). The van der Waals surface area contributed by atoms with Crippen molar-refractivity contribution in [3.63, 3.8) is 0 Å². The largest absolute Gasteiger partial charge is 0.271 e. The summed E-state index contributed by atoms with van der Waals surface area (Å²) in [6, 6.07) is 1.99. The van der Waals surface area contributed by atoms with E-state index in [2.05, 4.69) is 31.7 Å². The fourth-order valence-electron chi connectivity index (χ4n) is 1.97. The molecule has 2 aromatic rings. The van der Waals surface area contributed by atoms with Crippen molar-refractivity contribution in [3.05, 3.63) is 45.7 Å². The highest BCUT2D eigenvalue weighted by atomic mass is 79.9. The van der Waals surface area contributed by atoms with Crippen LogP contribution in [0, 0.1) is 11.6 Å². The predicted octanol–water partition coefficient (Wildman–Crippen LogP) is 2.28. The van der Waals surface area contributed by atoms with Crippen LogP contribution in [0.25, 0.3) is 0 Å². The maximum absolute atomic E-state index is 13.6. The molecule has 0 aliphatic rings. The fourth-order valence-corrected chi connectivity index (χ4v) is 2.52.